The van der Waals surface area contributed by atoms with Gasteiger partial charge < -0.3 is 5.32 Å². The number of nitrogens with one attached hydrogen (secondary N) is 1. The van der Waals surface area contributed by atoms with Crippen molar-refractivity contribution in [2.45, 2.75) is 23.0 Å². The van der Waals surface area contributed by atoms with Gasteiger partial charge in [0.15, 0.2) is 0 Å². The second kappa shape index (κ2) is 7.71. The van der Waals surface area contributed by atoms with Crippen LogP contribution in [0, 0.1) is 30.6 Å². The third kappa shape index (κ3) is 3.19. The molecule has 0 spiro atoms. The molecule has 8 heteroatoms. The molecular formula is C23H19Br2ClN2O3. The molecule has 1 heterocycles. The van der Waals surface area contributed by atoms with Crippen molar-refractivity contribution in [2.24, 2.45) is 23.7 Å². The van der Waals surface area contributed by atoms with Gasteiger partial charge in [-0.1, -0.05) is 61.7 Å². The molecule has 31 heavy (non-hydrogen) atoms. The Kier molecular flexibility index (Phi) is 5.26. The van der Waals surface area contributed by atoms with E-state index in [1.807, 2.05) is 13.0 Å². The average molecular weight is 567 g/mol. The molecule has 1 aliphatic heterocycles. The number of carbonyl (C=O) groups is 3. The normalized spacial score (nSPS) is 31.3. The summed E-state index contributed by atoms with van der Waals surface area (Å²) in [5, 5.41) is 3.38. The first-order valence-corrected chi connectivity index (χ1v) is 12.3. The fraction of sp³-hybridized carbons (Fsp3) is 0.348. The molecule has 6 atom stereocenters. The van der Waals surface area contributed by atoms with E-state index in [9.17, 15) is 14.4 Å². The molecule has 2 aromatic rings. The van der Waals surface area contributed by atoms with Gasteiger partial charge in [-0.3, -0.25) is 14.4 Å². The standard InChI is InChI=1S/C23H19Br2ClN2O3/c1-10-6-7-11(26)8-15(10)27-21(29)12-4-2-3-5-16(12)28-22(30)17-13-9-14(18(17)23(28)31)20(25)19(13)24/h2-8,13-14,17-20H,9H2,1H3,(H,27,29)/t13-,14-,17-,18+,19+,20+/m1/s1. The van der Waals surface area contributed by atoms with Crippen LogP contribution in [0.5, 0.6) is 0 Å². The van der Waals surface area contributed by atoms with Gasteiger partial charge in [0.25, 0.3) is 5.91 Å². The topological polar surface area (TPSA) is 66.5 Å². The van der Waals surface area contributed by atoms with Crippen molar-refractivity contribution >= 4 is 72.6 Å². The minimum absolute atomic E-state index is 0.121. The van der Waals surface area contributed by atoms with E-state index in [1.165, 1.54) is 4.90 Å². The Labute approximate surface area is 201 Å². The first-order valence-electron chi connectivity index (χ1n) is 10.1. The van der Waals surface area contributed by atoms with Gasteiger partial charge in [0.1, 0.15) is 0 Å². The molecule has 3 amide bonds. The Bertz CT molecular complexity index is 1090. The number of hydrogen-bond donors (Lipinski definition) is 1. The number of amides is 3. The Morgan fingerprint density at radius 2 is 1.65 bits per heavy atom. The highest BCUT2D eigenvalue weighted by atomic mass is 79.9. The largest absolute Gasteiger partial charge is 0.322 e. The van der Waals surface area contributed by atoms with Crippen LogP contribution in [0.15, 0.2) is 42.5 Å². The number of aryl methyl sites for hydroxylation is 1. The van der Waals surface area contributed by atoms with Crippen LogP contribution in [0.4, 0.5) is 11.4 Å². The Balaban J connectivity index is 1.49. The van der Waals surface area contributed by atoms with Crippen molar-refractivity contribution in [1.82, 2.24) is 0 Å². The minimum atomic E-state index is -0.390. The number of para-hydroxylation sites is 1. The van der Waals surface area contributed by atoms with E-state index in [0.717, 1.165) is 12.0 Å². The number of nitrogens with zero attached hydrogens (tertiary/aromatic N) is 1. The fourth-order valence-corrected chi connectivity index (χ4v) is 7.41. The number of hydrogen-bond acceptors (Lipinski definition) is 3. The van der Waals surface area contributed by atoms with Gasteiger partial charge in [-0.15, -0.1) is 0 Å². The predicted molar refractivity (Wildman–Crippen MR) is 127 cm³/mol. The molecule has 2 aromatic carbocycles. The predicted octanol–water partition coefficient (Wildman–Crippen LogP) is 5.18. The van der Waals surface area contributed by atoms with E-state index in [2.05, 4.69) is 37.2 Å². The van der Waals surface area contributed by atoms with Gasteiger partial charge in [0.2, 0.25) is 11.8 Å². The molecule has 1 saturated heterocycles. The van der Waals surface area contributed by atoms with Crippen LogP contribution in [0.25, 0.3) is 0 Å². The number of imide groups is 1. The molecule has 1 N–H and O–H groups in total. The van der Waals surface area contributed by atoms with Gasteiger partial charge >= 0.3 is 0 Å². The average Bonchev–Trinajstić information content (AvgIpc) is 3.35. The van der Waals surface area contributed by atoms with Crippen molar-refractivity contribution < 1.29 is 14.4 Å². The van der Waals surface area contributed by atoms with Crippen LogP contribution >= 0.6 is 43.5 Å². The Morgan fingerprint density at radius 1 is 1.03 bits per heavy atom. The first-order chi connectivity index (χ1) is 14.8. The van der Waals surface area contributed by atoms with Crippen molar-refractivity contribution in [2.75, 3.05) is 10.2 Å². The summed E-state index contributed by atoms with van der Waals surface area (Å²) in [6, 6.07) is 12.0. The zero-order chi connectivity index (χ0) is 22.0. The van der Waals surface area contributed by atoms with Crippen LogP contribution in [-0.2, 0) is 9.59 Å². The summed E-state index contributed by atoms with van der Waals surface area (Å²) < 4.78 is 0. The van der Waals surface area contributed by atoms with Gasteiger partial charge in [-0.2, -0.15) is 0 Å². The SMILES string of the molecule is Cc1ccc(Cl)cc1NC(=O)c1ccccc1N1C(=O)[C@@H]2[C@H]3C[C@@H]([C@H](Br)[C@H]3Br)[C@@H]2C1=O. The van der Waals surface area contributed by atoms with E-state index in [1.54, 1.807) is 36.4 Å². The summed E-state index contributed by atoms with van der Waals surface area (Å²) in [4.78, 5) is 41.5. The Hall–Kier alpha value is -1.70. The van der Waals surface area contributed by atoms with Gasteiger partial charge in [0.05, 0.1) is 23.1 Å². The van der Waals surface area contributed by atoms with Gasteiger partial charge in [0, 0.05) is 20.4 Å². The zero-order valence-electron chi connectivity index (χ0n) is 16.5. The van der Waals surface area contributed by atoms with E-state index in [0.29, 0.717) is 16.4 Å². The van der Waals surface area contributed by atoms with Crippen LogP contribution in [-0.4, -0.2) is 27.4 Å². The van der Waals surface area contributed by atoms with Crippen LogP contribution in [0.2, 0.25) is 5.02 Å². The number of alkyl halides is 2. The second-order valence-electron chi connectivity index (χ2n) is 8.45. The second-order valence-corrected chi connectivity index (χ2v) is 11.0. The summed E-state index contributed by atoms with van der Waals surface area (Å²) in [6.45, 7) is 1.87. The molecule has 0 aromatic heterocycles. The number of fused-ring (bicyclic) bond motifs is 5. The summed E-state index contributed by atoms with van der Waals surface area (Å²) in [6.07, 6.45) is 0.864. The number of benzene rings is 2. The highest BCUT2D eigenvalue weighted by molar-refractivity contribution is 9.12. The van der Waals surface area contributed by atoms with Crippen LogP contribution in [0.1, 0.15) is 22.3 Å². The maximum absolute atomic E-state index is 13.4. The van der Waals surface area contributed by atoms with Crippen molar-refractivity contribution in [3.05, 3.63) is 58.6 Å². The molecule has 0 radical (unpaired) electrons. The van der Waals surface area contributed by atoms with Crippen LogP contribution in [0.3, 0.4) is 0 Å². The fourth-order valence-electron chi connectivity index (χ4n) is 5.37. The molecule has 2 bridgehead atoms. The molecule has 3 aliphatic rings. The smallest absolute Gasteiger partial charge is 0.257 e. The monoisotopic (exact) mass is 564 g/mol. The molecular weight excluding hydrogens is 548 g/mol. The Morgan fingerprint density at radius 3 is 2.29 bits per heavy atom. The first kappa shape index (κ1) is 21.2. The molecule has 2 saturated carbocycles. The number of halogens is 3. The minimum Gasteiger partial charge on any atom is -0.322 e. The molecule has 5 nitrogen and oxygen atoms in total. The number of anilines is 2. The third-order valence-electron chi connectivity index (χ3n) is 6.82. The number of carbonyl (C=O) groups excluding carboxylic acids is 3. The van der Waals surface area contributed by atoms with Crippen molar-refractivity contribution in [3.63, 3.8) is 0 Å². The summed E-state index contributed by atoms with van der Waals surface area (Å²) in [5.41, 5.74) is 2.06. The maximum atomic E-state index is 13.4. The lowest BCUT2D eigenvalue weighted by atomic mass is 9.81. The number of rotatable bonds is 3. The molecule has 3 fully saturated rings. The van der Waals surface area contributed by atoms with Gasteiger partial charge in [-0.25, -0.2) is 4.90 Å². The molecule has 5 rings (SSSR count). The third-order valence-corrected chi connectivity index (χ3v) is 10.3. The highest BCUT2D eigenvalue weighted by Gasteiger charge is 2.66. The molecule has 0 unspecified atom stereocenters. The van der Waals surface area contributed by atoms with Gasteiger partial charge in [-0.05, 0) is 55.0 Å². The maximum Gasteiger partial charge on any atom is 0.257 e. The molecule has 2 aliphatic carbocycles. The zero-order valence-corrected chi connectivity index (χ0v) is 20.4. The van der Waals surface area contributed by atoms with Crippen molar-refractivity contribution in [1.29, 1.82) is 0 Å². The lowest BCUT2D eigenvalue weighted by Gasteiger charge is -2.28. The van der Waals surface area contributed by atoms with E-state index in [4.69, 9.17) is 11.6 Å². The summed E-state index contributed by atoms with van der Waals surface area (Å²) in [5.74, 6) is -1.22. The lowest BCUT2D eigenvalue weighted by Crippen LogP contribution is -2.37. The summed E-state index contributed by atoms with van der Waals surface area (Å²) >= 11 is 13.5. The quantitative estimate of drug-likeness (QED) is 0.411. The highest BCUT2D eigenvalue weighted by Crippen LogP contribution is 2.60. The lowest BCUT2D eigenvalue weighted by molar-refractivity contribution is -0.123. The van der Waals surface area contributed by atoms with Crippen LogP contribution < -0.4 is 10.2 Å². The van der Waals surface area contributed by atoms with E-state index < -0.39 is 5.91 Å². The van der Waals surface area contributed by atoms with Crippen molar-refractivity contribution in [3.8, 4) is 0 Å². The molecule has 160 valence electrons. The van der Waals surface area contributed by atoms with E-state index >= 15 is 0 Å². The summed E-state index contributed by atoms with van der Waals surface area (Å²) in [7, 11) is 0. The van der Waals surface area contributed by atoms with E-state index in [-0.39, 0.29) is 50.7 Å².